The van der Waals surface area contributed by atoms with Crippen molar-refractivity contribution in [2.75, 3.05) is 0 Å². The molecule has 0 fully saturated rings. The second kappa shape index (κ2) is 7.87. The van der Waals surface area contributed by atoms with Gasteiger partial charge in [0.1, 0.15) is 6.54 Å². The minimum absolute atomic E-state index is 0.142. The Morgan fingerprint density at radius 2 is 1.86 bits per heavy atom. The molecule has 2 heterocycles. The molecule has 4 rings (SSSR count). The Hall–Kier alpha value is -3.74. The minimum Gasteiger partial charge on any atom is -0.346 e. The Morgan fingerprint density at radius 3 is 2.64 bits per heavy atom. The number of amides is 1. The van der Waals surface area contributed by atoms with Crippen molar-refractivity contribution in [1.29, 1.82) is 0 Å². The molecule has 0 aliphatic carbocycles. The fourth-order valence-electron chi connectivity index (χ4n) is 3.14. The van der Waals surface area contributed by atoms with Crippen LogP contribution >= 0.6 is 0 Å². The summed E-state index contributed by atoms with van der Waals surface area (Å²) in [6.45, 7) is 0.396. The molecule has 0 aliphatic heterocycles. The van der Waals surface area contributed by atoms with E-state index >= 15 is 0 Å². The monoisotopic (exact) mass is 373 g/mol. The van der Waals surface area contributed by atoms with Crippen LogP contribution in [0.5, 0.6) is 0 Å². The van der Waals surface area contributed by atoms with Crippen LogP contribution in [-0.2, 0) is 17.9 Å². The summed E-state index contributed by atoms with van der Waals surface area (Å²) < 4.78 is 3.09. The smallest absolute Gasteiger partial charge is 0.275 e. The number of hydrogen-bond acceptors (Lipinski definition) is 4. The van der Waals surface area contributed by atoms with E-state index in [1.165, 1.54) is 4.68 Å². The van der Waals surface area contributed by atoms with Crippen molar-refractivity contribution >= 4 is 16.7 Å². The lowest BCUT2D eigenvalue weighted by molar-refractivity contribution is -0.122. The summed E-state index contributed by atoms with van der Waals surface area (Å²) in [5.41, 5.74) is 0.697. The molecule has 0 bridgehead atoms. The second-order valence-electron chi connectivity index (χ2n) is 6.48. The largest absolute Gasteiger partial charge is 0.346 e. The highest BCUT2D eigenvalue weighted by Gasteiger charge is 2.16. The van der Waals surface area contributed by atoms with E-state index < -0.39 is 0 Å². The molecule has 0 saturated heterocycles. The topological polar surface area (TPSA) is 81.8 Å². The van der Waals surface area contributed by atoms with Crippen molar-refractivity contribution in [3.8, 4) is 0 Å². The van der Waals surface area contributed by atoms with Crippen LogP contribution in [0.4, 0.5) is 0 Å². The summed E-state index contributed by atoms with van der Waals surface area (Å²) in [7, 11) is 0. The average Bonchev–Trinajstić information content (AvgIpc) is 3.24. The van der Waals surface area contributed by atoms with Gasteiger partial charge in [-0.3, -0.25) is 9.59 Å². The highest BCUT2D eigenvalue weighted by molar-refractivity contribution is 5.81. The molecule has 140 valence electrons. The lowest BCUT2D eigenvalue weighted by Crippen LogP contribution is -2.37. The van der Waals surface area contributed by atoms with E-state index in [0.717, 1.165) is 10.9 Å². The average molecular weight is 373 g/mol. The summed E-state index contributed by atoms with van der Waals surface area (Å²) in [4.78, 5) is 29.3. The van der Waals surface area contributed by atoms with Gasteiger partial charge in [-0.05, 0) is 11.6 Å². The van der Waals surface area contributed by atoms with Crippen molar-refractivity contribution in [2.24, 2.45) is 0 Å². The van der Waals surface area contributed by atoms with Crippen LogP contribution in [0.2, 0.25) is 0 Å². The normalized spacial score (nSPS) is 12.0. The van der Waals surface area contributed by atoms with Gasteiger partial charge < -0.3 is 9.88 Å². The maximum absolute atomic E-state index is 12.7. The number of benzene rings is 2. The van der Waals surface area contributed by atoms with Crippen LogP contribution in [0.25, 0.3) is 10.8 Å². The third-order valence-electron chi connectivity index (χ3n) is 4.54. The van der Waals surface area contributed by atoms with Crippen LogP contribution in [0, 0.1) is 0 Å². The van der Waals surface area contributed by atoms with Gasteiger partial charge in [0.15, 0.2) is 0 Å². The summed E-state index contributed by atoms with van der Waals surface area (Å²) >= 11 is 0. The van der Waals surface area contributed by atoms with Gasteiger partial charge in [-0.1, -0.05) is 48.5 Å². The fourth-order valence-corrected chi connectivity index (χ4v) is 3.14. The number of nitrogens with one attached hydrogen (secondary N) is 1. The standard InChI is InChI=1S/C21H19N5O2/c27-20(14-26-21(28)18-9-5-4-8-17(18)12-23-26)24-19(13-25-11-10-22-15-25)16-6-2-1-3-7-16/h1-12,15,19H,13-14H2,(H,24,27)/t19-/m0/s1. The van der Waals surface area contributed by atoms with Gasteiger partial charge in [0.2, 0.25) is 5.91 Å². The molecule has 28 heavy (non-hydrogen) atoms. The van der Waals surface area contributed by atoms with Crippen molar-refractivity contribution < 1.29 is 4.79 Å². The third-order valence-corrected chi connectivity index (χ3v) is 4.54. The van der Waals surface area contributed by atoms with E-state index in [2.05, 4.69) is 15.4 Å². The molecule has 0 saturated carbocycles. The first-order valence-corrected chi connectivity index (χ1v) is 8.95. The lowest BCUT2D eigenvalue weighted by atomic mass is 10.1. The first kappa shape index (κ1) is 17.7. The number of rotatable bonds is 6. The zero-order chi connectivity index (χ0) is 19.3. The van der Waals surface area contributed by atoms with Crippen LogP contribution in [0.3, 0.4) is 0 Å². The molecule has 7 heteroatoms. The van der Waals surface area contributed by atoms with Crippen molar-refractivity contribution in [1.82, 2.24) is 24.6 Å². The van der Waals surface area contributed by atoms with E-state index in [0.29, 0.717) is 11.9 Å². The molecule has 2 aromatic heterocycles. The van der Waals surface area contributed by atoms with E-state index in [-0.39, 0.29) is 24.1 Å². The minimum atomic E-state index is -0.279. The number of aromatic nitrogens is 4. The van der Waals surface area contributed by atoms with Crippen LogP contribution in [0.15, 0.2) is 84.3 Å². The molecule has 0 radical (unpaired) electrons. The van der Waals surface area contributed by atoms with E-state index in [1.54, 1.807) is 30.9 Å². The van der Waals surface area contributed by atoms with Crippen LogP contribution < -0.4 is 10.9 Å². The predicted molar refractivity (Wildman–Crippen MR) is 106 cm³/mol. The Bertz CT molecular complexity index is 1140. The zero-order valence-corrected chi connectivity index (χ0v) is 15.1. The highest BCUT2D eigenvalue weighted by Crippen LogP contribution is 2.15. The van der Waals surface area contributed by atoms with E-state index in [1.807, 2.05) is 53.2 Å². The second-order valence-corrected chi connectivity index (χ2v) is 6.48. The van der Waals surface area contributed by atoms with E-state index in [4.69, 9.17) is 0 Å². The summed E-state index contributed by atoms with van der Waals surface area (Å²) in [6, 6.07) is 16.7. The number of hydrogen-bond donors (Lipinski definition) is 1. The van der Waals surface area contributed by atoms with Crippen LogP contribution in [-0.4, -0.2) is 25.2 Å². The number of imidazole rings is 1. The molecule has 7 nitrogen and oxygen atoms in total. The van der Waals surface area contributed by atoms with Crippen molar-refractivity contribution in [3.63, 3.8) is 0 Å². The number of nitrogens with zero attached hydrogens (tertiary/aromatic N) is 4. The Kier molecular flexibility index (Phi) is 4.97. The highest BCUT2D eigenvalue weighted by atomic mass is 16.2. The first-order valence-electron chi connectivity index (χ1n) is 8.95. The number of fused-ring (bicyclic) bond motifs is 1. The quantitative estimate of drug-likeness (QED) is 0.561. The zero-order valence-electron chi connectivity index (χ0n) is 15.1. The molecule has 1 amide bonds. The third kappa shape index (κ3) is 3.83. The van der Waals surface area contributed by atoms with Gasteiger partial charge in [0.05, 0.1) is 24.0 Å². The van der Waals surface area contributed by atoms with Gasteiger partial charge in [-0.15, -0.1) is 0 Å². The number of carbonyl (C=O) groups excluding carboxylic acids is 1. The maximum Gasteiger partial charge on any atom is 0.275 e. The molecular formula is C21H19N5O2. The first-order chi connectivity index (χ1) is 13.7. The molecule has 1 atom stereocenters. The van der Waals surface area contributed by atoms with Gasteiger partial charge in [-0.25, -0.2) is 9.67 Å². The van der Waals surface area contributed by atoms with E-state index in [9.17, 15) is 9.59 Å². The predicted octanol–water partition coefficient (Wildman–Crippen LogP) is 2.15. The molecule has 0 aliphatic rings. The van der Waals surface area contributed by atoms with Crippen LogP contribution in [0.1, 0.15) is 11.6 Å². The SMILES string of the molecule is O=C(Cn1ncc2ccccc2c1=O)N[C@@H](Cn1ccnc1)c1ccccc1. The summed E-state index contributed by atoms with van der Waals surface area (Å²) in [6.07, 6.45) is 6.85. The molecule has 1 N–H and O–H groups in total. The van der Waals surface area contributed by atoms with Crippen molar-refractivity contribution in [3.05, 3.63) is 95.4 Å². The van der Waals surface area contributed by atoms with Gasteiger partial charge >= 0.3 is 0 Å². The van der Waals surface area contributed by atoms with Crippen molar-refractivity contribution in [2.45, 2.75) is 19.1 Å². The lowest BCUT2D eigenvalue weighted by Gasteiger charge is -2.20. The Labute approximate surface area is 161 Å². The summed E-state index contributed by atoms with van der Waals surface area (Å²) in [5.74, 6) is -0.279. The molecule has 0 unspecified atom stereocenters. The maximum atomic E-state index is 12.7. The van der Waals surface area contributed by atoms with Gasteiger partial charge in [0.25, 0.3) is 5.56 Å². The fraction of sp³-hybridized carbons (Fsp3) is 0.143. The number of carbonyl (C=O) groups is 1. The Morgan fingerprint density at radius 1 is 1.07 bits per heavy atom. The van der Waals surface area contributed by atoms with Gasteiger partial charge in [0, 0.05) is 24.3 Å². The van der Waals surface area contributed by atoms with Gasteiger partial charge in [-0.2, -0.15) is 5.10 Å². The molecule has 2 aromatic carbocycles. The summed E-state index contributed by atoms with van der Waals surface area (Å²) in [5, 5.41) is 8.44. The Balaban J connectivity index is 1.55. The molecular weight excluding hydrogens is 354 g/mol. The molecule has 4 aromatic rings. The molecule has 0 spiro atoms.